The number of benzene rings is 3. The lowest BCUT2D eigenvalue weighted by atomic mass is 10.2. The Hall–Kier alpha value is -3.27. The highest BCUT2D eigenvalue weighted by atomic mass is 127. The molecule has 3 N–H and O–H groups in total. The van der Waals surface area contributed by atoms with Gasteiger partial charge >= 0.3 is 6.03 Å². The van der Waals surface area contributed by atoms with Crippen LogP contribution in [0.15, 0.2) is 67.0 Å². The molecule has 3 aromatic carbocycles. The van der Waals surface area contributed by atoms with Crippen molar-refractivity contribution in [3.8, 4) is 0 Å². The van der Waals surface area contributed by atoms with Crippen molar-refractivity contribution in [2.75, 3.05) is 16.0 Å². The van der Waals surface area contributed by atoms with Crippen LogP contribution in [0.1, 0.15) is 5.56 Å². The summed E-state index contributed by atoms with van der Waals surface area (Å²) in [5.41, 5.74) is 3.37. The summed E-state index contributed by atoms with van der Waals surface area (Å²) in [7, 11) is 0. The fraction of sp³-hybridized carbons (Fsp3) is 0.0455. The van der Waals surface area contributed by atoms with Crippen LogP contribution in [0, 0.1) is 16.3 Å². The molecule has 150 valence electrons. The largest absolute Gasteiger partial charge is 0.340 e. The smallest absolute Gasteiger partial charge is 0.323 e. The van der Waals surface area contributed by atoms with Crippen molar-refractivity contribution in [2.45, 2.75) is 6.92 Å². The van der Waals surface area contributed by atoms with Gasteiger partial charge in [-0.05, 0) is 83.6 Å². The molecule has 0 aliphatic rings. The van der Waals surface area contributed by atoms with Gasteiger partial charge in [0.2, 0.25) is 0 Å². The zero-order valence-corrected chi connectivity index (χ0v) is 18.1. The predicted molar refractivity (Wildman–Crippen MR) is 126 cm³/mol. The van der Waals surface area contributed by atoms with E-state index in [9.17, 15) is 9.18 Å². The number of rotatable bonds is 4. The summed E-state index contributed by atoms with van der Waals surface area (Å²) in [6.07, 6.45) is 1.51. The molecule has 0 fully saturated rings. The van der Waals surface area contributed by atoms with Gasteiger partial charge in [0.05, 0.1) is 5.52 Å². The molecular formula is C22H17FIN5O. The molecule has 0 saturated heterocycles. The Balaban J connectivity index is 1.51. The summed E-state index contributed by atoms with van der Waals surface area (Å²) >= 11 is 2.25. The molecule has 0 unspecified atom stereocenters. The summed E-state index contributed by atoms with van der Waals surface area (Å²) in [5, 5.41) is 9.61. The van der Waals surface area contributed by atoms with E-state index in [0.717, 1.165) is 25.7 Å². The lowest BCUT2D eigenvalue weighted by Crippen LogP contribution is -2.20. The predicted octanol–water partition coefficient (Wildman–Crippen LogP) is 6.07. The van der Waals surface area contributed by atoms with Gasteiger partial charge < -0.3 is 16.0 Å². The second-order valence-corrected chi connectivity index (χ2v) is 7.87. The van der Waals surface area contributed by atoms with E-state index in [-0.39, 0.29) is 0 Å². The molecule has 4 aromatic rings. The van der Waals surface area contributed by atoms with Crippen LogP contribution in [0.25, 0.3) is 10.9 Å². The minimum Gasteiger partial charge on any atom is -0.340 e. The van der Waals surface area contributed by atoms with E-state index in [2.05, 4.69) is 48.5 Å². The van der Waals surface area contributed by atoms with Crippen LogP contribution in [0.2, 0.25) is 0 Å². The summed E-state index contributed by atoms with van der Waals surface area (Å²) in [6, 6.07) is 17.0. The summed E-state index contributed by atoms with van der Waals surface area (Å²) in [6.45, 7) is 1.80. The van der Waals surface area contributed by atoms with Crippen molar-refractivity contribution in [1.29, 1.82) is 0 Å². The van der Waals surface area contributed by atoms with Crippen molar-refractivity contribution in [3.63, 3.8) is 0 Å². The quantitative estimate of drug-likeness (QED) is 0.290. The Morgan fingerprint density at radius 3 is 2.67 bits per heavy atom. The van der Waals surface area contributed by atoms with E-state index in [1.54, 1.807) is 25.1 Å². The number of nitrogens with one attached hydrogen (secondary N) is 3. The number of hydrogen-bond donors (Lipinski definition) is 3. The zero-order valence-electron chi connectivity index (χ0n) is 15.9. The molecule has 4 rings (SSSR count). The highest BCUT2D eigenvalue weighted by molar-refractivity contribution is 14.1. The maximum Gasteiger partial charge on any atom is 0.323 e. The van der Waals surface area contributed by atoms with Gasteiger partial charge in [-0.2, -0.15) is 0 Å². The van der Waals surface area contributed by atoms with Gasteiger partial charge in [-0.1, -0.05) is 12.1 Å². The van der Waals surface area contributed by atoms with E-state index in [0.29, 0.717) is 17.2 Å². The number of anilines is 4. The number of aromatic nitrogens is 2. The lowest BCUT2D eigenvalue weighted by Gasteiger charge is -2.12. The van der Waals surface area contributed by atoms with E-state index >= 15 is 0 Å². The van der Waals surface area contributed by atoms with Gasteiger partial charge in [0.15, 0.2) is 0 Å². The first-order valence-electron chi connectivity index (χ1n) is 9.09. The molecule has 1 heterocycles. The van der Waals surface area contributed by atoms with E-state index in [1.165, 1.54) is 18.5 Å². The summed E-state index contributed by atoms with van der Waals surface area (Å²) in [5.74, 6) is 0.268. The number of aryl methyl sites for hydroxylation is 1. The minimum atomic E-state index is -0.456. The number of nitrogens with zero attached hydrogens (tertiary/aromatic N) is 2. The van der Waals surface area contributed by atoms with Crippen LogP contribution in [-0.4, -0.2) is 16.0 Å². The van der Waals surface area contributed by atoms with Gasteiger partial charge in [0.25, 0.3) is 0 Å². The Bertz CT molecular complexity index is 1250. The average Bonchev–Trinajstić information content (AvgIpc) is 2.71. The number of carbonyl (C=O) groups excluding carboxylic acids is 1. The molecule has 2 amide bonds. The molecule has 0 spiro atoms. The van der Waals surface area contributed by atoms with Crippen LogP contribution in [0.3, 0.4) is 0 Å². The van der Waals surface area contributed by atoms with Crippen molar-refractivity contribution < 1.29 is 9.18 Å². The molecule has 0 radical (unpaired) electrons. The van der Waals surface area contributed by atoms with Gasteiger partial charge in [-0.15, -0.1) is 0 Å². The van der Waals surface area contributed by atoms with E-state index < -0.39 is 11.8 Å². The summed E-state index contributed by atoms with van der Waals surface area (Å²) in [4.78, 5) is 21.0. The Labute approximate surface area is 186 Å². The SMILES string of the molecule is Cc1ccc(F)cc1NC(=O)Nc1cccc(Nc2ncnc3ccc(I)cc23)c1. The standard InChI is InChI=1S/C22H17FIN5O/c1-13-5-6-14(23)9-20(13)29-22(30)28-17-4-2-3-16(11-17)27-21-18-10-15(24)7-8-19(18)25-12-26-21/h2-12H,1H3,(H,25,26,27)(H2,28,29,30). The number of carbonyl (C=O) groups is 1. The first kappa shape index (κ1) is 20.0. The van der Waals surface area contributed by atoms with Crippen LogP contribution < -0.4 is 16.0 Å². The minimum absolute atomic E-state index is 0.408. The maximum atomic E-state index is 13.4. The molecule has 0 bridgehead atoms. The van der Waals surface area contributed by atoms with Crippen LogP contribution in [-0.2, 0) is 0 Å². The number of halogens is 2. The van der Waals surface area contributed by atoms with Crippen molar-refractivity contribution in [2.24, 2.45) is 0 Å². The van der Waals surface area contributed by atoms with Gasteiger partial charge in [-0.25, -0.2) is 19.2 Å². The molecule has 0 aliphatic heterocycles. The fourth-order valence-corrected chi connectivity index (χ4v) is 3.44. The number of urea groups is 1. The highest BCUT2D eigenvalue weighted by Gasteiger charge is 2.08. The molecule has 30 heavy (non-hydrogen) atoms. The number of hydrogen-bond acceptors (Lipinski definition) is 4. The van der Waals surface area contributed by atoms with Crippen molar-refractivity contribution >= 4 is 62.4 Å². The van der Waals surface area contributed by atoms with Crippen LogP contribution >= 0.6 is 22.6 Å². The Kier molecular flexibility index (Phi) is 5.75. The third-order valence-electron chi connectivity index (χ3n) is 4.43. The molecule has 0 aliphatic carbocycles. The molecule has 6 nitrogen and oxygen atoms in total. The number of fused-ring (bicyclic) bond motifs is 1. The number of amides is 2. The first-order chi connectivity index (χ1) is 14.5. The highest BCUT2D eigenvalue weighted by Crippen LogP contribution is 2.26. The molecule has 1 aromatic heterocycles. The molecular weight excluding hydrogens is 496 g/mol. The maximum absolute atomic E-state index is 13.4. The summed E-state index contributed by atoms with van der Waals surface area (Å²) < 4.78 is 14.5. The average molecular weight is 513 g/mol. The topological polar surface area (TPSA) is 78.9 Å². The van der Waals surface area contributed by atoms with Crippen LogP contribution in [0.4, 0.5) is 32.1 Å². The Morgan fingerprint density at radius 2 is 1.80 bits per heavy atom. The van der Waals surface area contributed by atoms with Gasteiger partial charge in [0, 0.05) is 26.0 Å². The van der Waals surface area contributed by atoms with Gasteiger partial charge in [-0.3, -0.25) is 0 Å². The lowest BCUT2D eigenvalue weighted by molar-refractivity contribution is 0.262. The molecule has 8 heteroatoms. The van der Waals surface area contributed by atoms with E-state index in [4.69, 9.17) is 0 Å². The normalized spacial score (nSPS) is 10.6. The second kappa shape index (κ2) is 8.62. The zero-order chi connectivity index (χ0) is 21.1. The third-order valence-corrected chi connectivity index (χ3v) is 5.10. The van der Waals surface area contributed by atoms with Gasteiger partial charge in [0.1, 0.15) is 18.0 Å². The Morgan fingerprint density at radius 1 is 0.967 bits per heavy atom. The third kappa shape index (κ3) is 4.65. The second-order valence-electron chi connectivity index (χ2n) is 6.63. The molecule has 0 saturated carbocycles. The fourth-order valence-electron chi connectivity index (χ4n) is 2.95. The monoisotopic (exact) mass is 513 g/mol. The van der Waals surface area contributed by atoms with Crippen molar-refractivity contribution in [1.82, 2.24) is 9.97 Å². The van der Waals surface area contributed by atoms with Crippen molar-refractivity contribution in [3.05, 3.63) is 81.9 Å². The van der Waals surface area contributed by atoms with Crippen LogP contribution in [0.5, 0.6) is 0 Å². The first-order valence-corrected chi connectivity index (χ1v) is 10.2. The van der Waals surface area contributed by atoms with E-state index in [1.807, 2.05) is 30.3 Å². The molecule has 0 atom stereocenters.